The Morgan fingerprint density at radius 3 is 2.53 bits per heavy atom. The number of hydrogen-bond donors (Lipinski definition) is 4. The molecule has 108 valence electrons. The number of nitrogens with zero attached hydrogens (tertiary/aromatic N) is 1. The van der Waals surface area contributed by atoms with Crippen LogP contribution in [0.5, 0.6) is 0 Å². The minimum Gasteiger partial charge on any atom is -0.481 e. The molecule has 0 spiro atoms. The number of urea groups is 1. The molecule has 8 heteroatoms. The summed E-state index contributed by atoms with van der Waals surface area (Å²) in [6, 6.07) is -2.00. The Bertz CT molecular complexity index is 359. The number of carbonyl (C=O) groups is 3. The van der Waals surface area contributed by atoms with Crippen molar-refractivity contribution in [1.29, 1.82) is 0 Å². The third-order valence-electron chi connectivity index (χ3n) is 3.08. The van der Waals surface area contributed by atoms with Gasteiger partial charge in [0.05, 0.1) is 6.42 Å². The molecule has 0 saturated carbocycles. The van der Waals surface area contributed by atoms with Gasteiger partial charge < -0.3 is 25.5 Å². The summed E-state index contributed by atoms with van der Waals surface area (Å²) in [6.45, 7) is 0.985. The molecule has 1 fully saturated rings. The van der Waals surface area contributed by atoms with Crippen molar-refractivity contribution in [2.75, 3.05) is 19.7 Å². The third-order valence-corrected chi connectivity index (χ3v) is 3.08. The lowest BCUT2D eigenvalue weighted by Gasteiger charge is -2.20. The first kappa shape index (κ1) is 15.2. The van der Waals surface area contributed by atoms with Crippen LogP contribution in [0.15, 0.2) is 0 Å². The average molecular weight is 274 g/mol. The molecule has 1 unspecified atom stereocenters. The Labute approximate surface area is 110 Å². The van der Waals surface area contributed by atoms with Gasteiger partial charge in [0.2, 0.25) is 0 Å². The van der Waals surface area contributed by atoms with Crippen molar-refractivity contribution in [3.05, 3.63) is 0 Å². The molecule has 2 atom stereocenters. The lowest BCUT2D eigenvalue weighted by Crippen LogP contribution is -2.48. The van der Waals surface area contributed by atoms with Gasteiger partial charge in [-0.05, 0) is 18.8 Å². The van der Waals surface area contributed by atoms with Crippen molar-refractivity contribution in [2.45, 2.75) is 25.3 Å². The Hall–Kier alpha value is -1.83. The molecule has 1 rings (SSSR count). The molecule has 0 aromatic carbocycles. The number of carboxylic acids is 2. The van der Waals surface area contributed by atoms with E-state index in [4.69, 9.17) is 15.3 Å². The summed E-state index contributed by atoms with van der Waals surface area (Å²) >= 11 is 0. The SMILES string of the molecule is O=C(O)C[C@@H](NC(=O)N1CCC(CCO)C1)C(=O)O. The molecule has 0 aromatic rings. The van der Waals surface area contributed by atoms with E-state index < -0.39 is 30.4 Å². The van der Waals surface area contributed by atoms with Crippen LogP contribution in [-0.2, 0) is 9.59 Å². The zero-order valence-electron chi connectivity index (χ0n) is 10.4. The van der Waals surface area contributed by atoms with Crippen molar-refractivity contribution in [3.8, 4) is 0 Å². The zero-order chi connectivity index (χ0) is 14.4. The monoisotopic (exact) mass is 274 g/mol. The van der Waals surface area contributed by atoms with E-state index in [1.165, 1.54) is 4.90 Å². The number of likely N-dealkylation sites (tertiary alicyclic amines) is 1. The smallest absolute Gasteiger partial charge is 0.326 e. The number of carboxylic acid groups (broad SMARTS) is 2. The van der Waals surface area contributed by atoms with Gasteiger partial charge in [0.25, 0.3) is 0 Å². The second-order valence-electron chi connectivity index (χ2n) is 4.55. The van der Waals surface area contributed by atoms with Gasteiger partial charge in [-0.15, -0.1) is 0 Å². The molecular weight excluding hydrogens is 256 g/mol. The Kier molecular flexibility index (Phi) is 5.56. The summed E-state index contributed by atoms with van der Waals surface area (Å²) in [5.74, 6) is -2.45. The van der Waals surface area contributed by atoms with Gasteiger partial charge in [-0.1, -0.05) is 0 Å². The maximum Gasteiger partial charge on any atom is 0.326 e. The van der Waals surface area contributed by atoms with Crippen LogP contribution >= 0.6 is 0 Å². The van der Waals surface area contributed by atoms with Crippen LogP contribution in [0.4, 0.5) is 4.79 Å². The highest BCUT2D eigenvalue weighted by molar-refractivity contribution is 5.86. The number of rotatable bonds is 6. The van der Waals surface area contributed by atoms with Crippen molar-refractivity contribution < 1.29 is 29.7 Å². The van der Waals surface area contributed by atoms with Crippen molar-refractivity contribution in [2.24, 2.45) is 5.92 Å². The molecule has 1 aliphatic heterocycles. The van der Waals surface area contributed by atoms with E-state index in [-0.39, 0.29) is 12.5 Å². The molecule has 1 heterocycles. The van der Waals surface area contributed by atoms with Crippen molar-refractivity contribution >= 4 is 18.0 Å². The van der Waals surface area contributed by atoms with E-state index in [1.807, 2.05) is 0 Å². The summed E-state index contributed by atoms with van der Waals surface area (Å²) in [4.78, 5) is 34.6. The molecule has 0 radical (unpaired) electrons. The number of amides is 2. The van der Waals surface area contributed by atoms with Gasteiger partial charge in [-0.3, -0.25) is 4.79 Å². The van der Waals surface area contributed by atoms with Crippen molar-refractivity contribution in [1.82, 2.24) is 10.2 Å². The first-order valence-electron chi connectivity index (χ1n) is 6.05. The number of aliphatic carboxylic acids is 2. The molecule has 2 amide bonds. The van der Waals surface area contributed by atoms with Crippen LogP contribution in [0, 0.1) is 5.92 Å². The molecule has 8 nitrogen and oxygen atoms in total. The van der Waals surface area contributed by atoms with E-state index in [0.29, 0.717) is 19.5 Å². The van der Waals surface area contributed by atoms with Gasteiger partial charge in [-0.25, -0.2) is 9.59 Å². The van der Waals surface area contributed by atoms with Crippen LogP contribution in [0.2, 0.25) is 0 Å². The summed E-state index contributed by atoms with van der Waals surface area (Å²) < 4.78 is 0. The second kappa shape index (κ2) is 6.93. The van der Waals surface area contributed by atoms with Gasteiger partial charge in [0.15, 0.2) is 0 Å². The minimum atomic E-state index is -1.43. The maximum atomic E-state index is 11.8. The highest BCUT2D eigenvalue weighted by Crippen LogP contribution is 2.19. The van der Waals surface area contributed by atoms with Crippen LogP contribution < -0.4 is 5.32 Å². The summed E-state index contributed by atoms with van der Waals surface area (Å²) in [5, 5.41) is 28.4. The predicted molar refractivity (Wildman–Crippen MR) is 63.6 cm³/mol. The molecule has 0 aromatic heterocycles. The number of aliphatic hydroxyl groups excluding tert-OH is 1. The highest BCUT2D eigenvalue weighted by atomic mass is 16.4. The zero-order valence-corrected chi connectivity index (χ0v) is 10.4. The Morgan fingerprint density at radius 2 is 2.00 bits per heavy atom. The first-order valence-corrected chi connectivity index (χ1v) is 6.05. The fraction of sp³-hybridized carbons (Fsp3) is 0.727. The topological polar surface area (TPSA) is 127 Å². The highest BCUT2D eigenvalue weighted by Gasteiger charge is 2.29. The fourth-order valence-corrected chi connectivity index (χ4v) is 2.05. The van der Waals surface area contributed by atoms with Gasteiger partial charge in [0, 0.05) is 19.7 Å². The van der Waals surface area contributed by atoms with Crippen molar-refractivity contribution in [3.63, 3.8) is 0 Å². The lowest BCUT2D eigenvalue weighted by molar-refractivity contribution is -0.145. The van der Waals surface area contributed by atoms with Crippen LogP contribution in [-0.4, -0.2) is 63.9 Å². The number of hydrogen-bond acceptors (Lipinski definition) is 4. The molecular formula is C11H18N2O6. The molecule has 1 saturated heterocycles. The van der Waals surface area contributed by atoms with E-state index in [0.717, 1.165) is 6.42 Å². The van der Waals surface area contributed by atoms with Crippen LogP contribution in [0.3, 0.4) is 0 Å². The predicted octanol–water partition coefficient (Wildman–Crippen LogP) is -0.672. The fourth-order valence-electron chi connectivity index (χ4n) is 2.05. The van der Waals surface area contributed by atoms with Gasteiger partial charge >= 0.3 is 18.0 Å². The van der Waals surface area contributed by atoms with E-state index in [2.05, 4.69) is 5.32 Å². The third kappa shape index (κ3) is 4.74. The molecule has 0 bridgehead atoms. The average Bonchev–Trinajstić information content (AvgIpc) is 2.76. The normalized spacial score (nSPS) is 20.1. The summed E-state index contributed by atoms with van der Waals surface area (Å²) in [5.41, 5.74) is 0. The minimum absolute atomic E-state index is 0.0525. The summed E-state index contributed by atoms with van der Waals surface area (Å²) in [6.07, 6.45) is 0.695. The standard InChI is InChI=1S/C11H18N2O6/c14-4-2-7-1-3-13(6-7)11(19)12-8(10(17)18)5-9(15)16/h7-8,14H,1-6H2,(H,12,19)(H,15,16)(H,17,18)/t7?,8-/m1/s1. The maximum absolute atomic E-state index is 11.8. The van der Waals surface area contributed by atoms with E-state index in [1.54, 1.807) is 0 Å². The van der Waals surface area contributed by atoms with Gasteiger partial charge in [-0.2, -0.15) is 0 Å². The van der Waals surface area contributed by atoms with Crippen LogP contribution in [0.1, 0.15) is 19.3 Å². The lowest BCUT2D eigenvalue weighted by atomic mass is 10.1. The quantitative estimate of drug-likeness (QED) is 0.508. The molecule has 4 N–H and O–H groups in total. The van der Waals surface area contributed by atoms with E-state index in [9.17, 15) is 14.4 Å². The molecule has 0 aliphatic carbocycles. The number of carbonyl (C=O) groups excluding carboxylic acids is 1. The molecule has 19 heavy (non-hydrogen) atoms. The Morgan fingerprint density at radius 1 is 1.32 bits per heavy atom. The number of aliphatic hydroxyl groups is 1. The van der Waals surface area contributed by atoms with Gasteiger partial charge in [0.1, 0.15) is 6.04 Å². The molecule has 1 aliphatic rings. The largest absolute Gasteiger partial charge is 0.481 e. The summed E-state index contributed by atoms with van der Waals surface area (Å²) in [7, 11) is 0. The van der Waals surface area contributed by atoms with E-state index >= 15 is 0 Å². The second-order valence-corrected chi connectivity index (χ2v) is 4.55. The van der Waals surface area contributed by atoms with Crippen LogP contribution in [0.25, 0.3) is 0 Å². The number of nitrogens with one attached hydrogen (secondary N) is 1. The first-order chi connectivity index (χ1) is 8.93. The Balaban J connectivity index is 2.49.